The van der Waals surface area contributed by atoms with Crippen molar-refractivity contribution in [1.29, 1.82) is 0 Å². The molecule has 0 heterocycles. The summed E-state index contributed by atoms with van der Waals surface area (Å²) in [5, 5.41) is 3.81. The molecule has 0 fully saturated rings. The van der Waals surface area contributed by atoms with E-state index in [-0.39, 0.29) is 36.6 Å². The minimum Gasteiger partial charge on any atom is -0.352 e. The standard InChI is InChI=1S/C23H27Cl2FN2O2/c1-4-15(3)27-23(30)21(5-2)28(14-18-19(24)7-6-8-20(18)25)22(29)13-16-9-11-17(26)12-10-16/h6-12,15,21H,4-5,13-14H2,1-3H3,(H,27,30)/t15-,21-/m0/s1. The van der Waals surface area contributed by atoms with Crippen LogP contribution in [-0.4, -0.2) is 28.8 Å². The Hall–Kier alpha value is -2.11. The highest BCUT2D eigenvalue weighted by Gasteiger charge is 2.30. The van der Waals surface area contributed by atoms with Crippen LogP contribution in [0.25, 0.3) is 0 Å². The van der Waals surface area contributed by atoms with Gasteiger partial charge in [-0.25, -0.2) is 4.39 Å². The molecule has 2 atom stereocenters. The summed E-state index contributed by atoms with van der Waals surface area (Å²) < 4.78 is 13.2. The van der Waals surface area contributed by atoms with Crippen molar-refractivity contribution in [3.05, 3.63) is 69.5 Å². The number of carbonyl (C=O) groups is 2. The highest BCUT2D eigenvalue weighted by Crippen LogP contribution is 2.27. The molecule has 1 N–H and O–H groups in total. The lowest BCUT2D eigenvalue weighted by Gasteiger charge is -2.32. The molecule has 0 aliphatic carbocycles. The summed E-state index contributed by atoms with van der Waals surface area (Å²) in [5.41, 5.74) is 1.25. The Morgan fingerprint density at radius 3 is 2.17 bits per heavy atom. The van der Waals surface area contributed by atoms with E-state index in [2.05, 4.69) is 5.32 Å². The molecule has 162 valence electrons. The van der Waals surface area contributed by atoms with E-state index in [1.165, 1.54) is 17.0 Å². The molecule has 0 aromatic heterocycles. The zero-order valence-corrected chi connectivity index (χ0v) is 18.9. The third-order valence-corrected chi connectivity index (χ3v) is 5.75. The van der Waals surface area contributed by atoms with Crippen LogP contribution >= 0.6 is 23.2 Å². The third kappa shape index (κ3) is 6.44. The Balaban J connectivity index is 2.35. The number of rotatable bonds is 9. The molecule has 0 unspecified atom stereocenters. The van der Waals surface area contributed by atoms with Gasteiger partial charge in [-0.1, -0.05) is 55.2 Å². The Morgan fingerprint density at radius 1 is 1.03 bits per heavy atom. The van der Waals surface area contributed by atoms with Crippen molar-refractivity contribution >= 4 is 35.0 Å². The predicted molar refractivity (Wildman–Crippen MR) is 119 cm³/mol. The van der Waals surface area contributed by atoms with Crippen LogP contribution in [0.15, 0.2) is 42.5 Å². The first-order valence-electron chi connectivity index (χ1n) is 10.0. The molecule has 2 rings (SSSR count). The Morgan fingerprint density at radius 2 is 1.63 bits per heavy atom. The molecule has 2 amide bonds. The summed E-state index contributed by atoms with van der Waals surface area (Å²) in [6, 6.07) is 10.2. The Labute approximate surface area is 187 Å². The number of carbonyl (C=O) groups excluding carboxylic acids is 2. The fraction of sp³-hybridized carbons (Fsp3) is 0.391. The highest BCUT2D eigenvalue weighted by molar-refractivity contribution is 6.36. The number of halogens is 3. The molecule has 2 aromatic carbocycles. The average molecular weight is 453 g/mol. The summed E-state index contributed by atoms with van der Waals surface area (Å²) in [6.45, 7) is 5.85. The van der Waals surface area contributed by atoms with Crippen molar-refractivity contribution < 1.29 is 14.0 Å². The molecule has 30 heavy (non-hydrogen) atoms. The van der Waals surface area contributed by atoms with Crippen LogP contribution in [0.5, 0.6) is 0 Å². The van der Waals surface area contributed by atoms with Crippen LogP contribution in [0.3, 0.4) is 0 Å². The maximum Gasteiger partial charge on any atom is 0.243 e. The molecule has 0 spiro atoms. The lowest BCUT2D eigenvalue weighted by Crippen LogP contribution is -2.51. The summed E-state index contributed by atoms with van der Waals surface area (Å²) in [6.07, 6.45) is 1.25. The van der Waals surface area contributed by atoms with Crippen LogP contribution < -0.4 is 5.32 Å². The number of hydrogen-bond donors (Lipinski definition) is 1. The molecular formula is C23H27Cl2FN2O2. The molecule has 0 saturated carbocycles. The minimum atomic E-state index is -0.681. The number of benzene rings is 2. The van der Waals surface area contributed by atoms with Gasteiger partial charge in [0.1, 0.15) is 11.9 Å². The van der Waals surface area contributed by atoms with Crippen molar-refractivity contribution in [3.63, 3.8) is 0 Å². The second-order valence-corrected chi connectivity index (χ2v) is 8.08. The number of nitrogens with one attached hydrogen (secondary N) is 1. The van der Waals surface area contributed by atoms with Gasteiger partial charge in [0.2, 0.25) is 11.8 Å². The Kier molecular flexibility index (Phi) is 9.12. The van der Waals surface area contributed by atoms with Crippen molar-refractivity contribution in [1.82, 2.24) is 10.2 Å². The van der Waals surface area contributed by atoms with Crippen molar-refractivity contribution in [3.8, 4) is 0 Å². The second kappa shape index (κ2) is 11.3. The molecule has 7 heteroatoms. The monoisotopic (exact) mass is 452 g/mol. The van der Waals surface area contributed by atoms with Crippen LogP contribution in [0, 0.1) is 5.82 Å². The quantitative estimate of drug-likeness (QED) is 0.553. The largest absolute Gasteiger partial charge is 0.352 e. The van der Waals surface area contributed by atoms with E-state index in [4.69, 9.17) is 23.2 Å². The number of nitrogens with zero attached hydrogens (tertiary/aromatic N) is 1. The van der Waals surface area contributed by atoms with E-state index in [0.29, 0.717) is 27.6 Å². The maximum atomic E-state index is 13.3. The maximum absolute atomic E-state index is 13.3. The summed E-state index contributed by atoms with van der Waals surface area (Å²) in [5.74, 6) is -0.850. The van der Waals surface area contributed by atoms with E-state index in [1.807, 2.05) is 20.8 Å². The molecular weight excluding hydrogens is 426 g/mol. The van der Waals surface area contributed by atoms with Gasteiger partial charge in [0.15, 0.2) is 0 Å². The third-order valence-electron chi connectivity index (χ3n) is 5.05. The fourth-order valence-electron chi connectivity index (χ4n) is 3.09. The predicted octanol–water partition coefficient (Wildman–Crippen LogP) is 5.40. The van der Waals surface area contributed by atoms with Crippen LogP contribution in [0.2, 0.25) is 10.0 Å². The van der Waals surface area contributed by atoms with Gasteiger partial charge >= 0.3 is 0 Å². The van der Waals surface area contributed by atoms with Gasteiger partial charge in [0, 0.05) is 28.2 Å². The topological polar surface area (TPSA) is 49.4 Å². The molecule has 0 aliphatic rings. The number of hydrogen-bond acceptors (Lipinski definition) is 2. The van der Waals surface area contributed by atoms with E-state index < -0.39 is 6.04 Å². The van der Waals surface area contributed by atoms with E-state index >= 15 is 0 Å². The molecule has 0 aliphatic heterocycles. The molecule has 0 bridgehead atoms. The highest BCUT2D eigenvalue weighted by atomic mass is 35.5. The second-order valence-electron chi connectivity index (χ2n) is 7.27. The van der Waals surface area contributed by atoms with Gasteiger partial charge in [-0.3, -0.25) is 9.59 Å². The summed E-state index contributed by atoms with van der Waals surface area (Å²) in [4.78, 5) is 27.7. The molecule has 4 nitrogen and oxygen atoms in total. The minimum absolute atomic E-state index is 0.00972. The zero-order chi connectivity index (χ0) is 22.3. The van der Waals surface area contributed by atoms with Crippen molar-refractivity contribution in [2.45, 2.75) is 58.7 Å². The normalized spacial score (nSPS) is 12.9. The van der Waals surface area contributed by atoms with Gasteiger partial charge in [0.25, 0.3) is 0 Å². The van der Waals surface area contributed by atoms with Gasteiger partial charge < -0.3 is 10.2 Å². The fourth-order valence-corrected chi connectivity index (χ4v) is 3.61. The van der Waals surface area contributed by atoms with Crippen LogP contribution in [0.1, 0.15) is 44.7 Å². The molecule has 0 saturated heterocycles. The van der Waals surface area contributed by atoms with E-state index in [1.54, 1.807) is 30.3 Å². The van der Waals surface area contributed by atoms with E-state index in [9.17, 15) is 14.0 Å². The van der Waals surface area contributed by atoms with Crippen molar-refractivity contribution in [2.24, 2.45) is 0 Å². The summed E-state index contributed by atoms with van der Waals surface area (Å²) >= 11 is 12.7. The van der Waals surface area contributed by atoms with Gasteiger partial charge in [-0.15, -0.1) is 0 Å². The Bertz CT molecular complexity index is 854. The molecule has 0 radical (unpaired) electrons. The first-order valence-corrected chi connectivity index (χ1v) is 10.8. The summed E-state index contributed by atoms with van der Waals surface area (Å²) in [7, 11) is 0. The SMILES string of the molecule is CC[C@H](C)NC(=O)[C@H](CC)N(Cc1c(Cl)cccc1Cl)C(=O)Cc1ccc(F)cc1. The van der Waals surface area contributed by atoms with Gasteiger partial charge in [0.05, 0.1) is 6.42 Å². The van der Waals surface area contributed by atoms with Crippen molar-refractivity contribution in [2.75, 3.05) is 0 Å². The first kappa shape index (κ1) is 24.2. The lowest BCUT2D eigenvalue weighted by atomic mass is 10.1. The van der Waals surface area contributed by atoms with E-state index in [0.717, 1.165) is 6.42 Å². The van der Waals surface area contributed by atoms with Crippen LogP contribution in [-0.2, 0) is 22.6 Å². The van der Waals surface area contributed by atoms with Crippen LogP contribution in [0.4, 0.5) is 4.39 Å². The van der Waals surface area contributed by atoms with Gasteiger partial charge in [-0.05, 0) is 49.6 Å². The zero-order valence-electron chi connectivity index (χ0n) is 17.4. The first-order chi connectivity index (χ1) is 14.3. The lowest BCUT2D eigenvalue weighted by molar-refractivity contribution is -0.141. The van der Waals surface area contributed by atoms with Gasteiger partial charge in [-0.2, -0.15) is 0 Å². The average Bonchev–Trinajstić information content (AvgIpc) is 2.71. The smallest absolute Gasteiger partial charge is 0.243 e. The number of amides is 2. The molecule has 2 aromatic rings.